The number of carboxylic acids is 5. The number of piperidine rings is 1. The zero-order valence-electron chi connectivity index (χ0n) is 76.4. The number of carboxylic acid groups (broad SMARTS) is 5. The Morgan fingerprint density at radius 2 is 1.38 bits per heavy atom. The quantitative estimate of drug-likeness (QED) is 0.00237. The second kappa shape index (κ2) is 54.7. The highest BCUT2D eigenvalue weighted by atomic mass is 33.1. The fourth-order valence-electron chi connectivity index (χ4n) is 15.5. The molecule has 0 spiro atoms. The predicted molar refractivity (Wildman–Crippen MR) is 492 cm³/mol. The number of rotatable bonds is 61. The van der Waals surface area contributed by atoms with Crippen LogP contribution in [0.3, 0.4) is 0 Å². The summed E-state index contributed by atoms with van der Waals surface area (Å²) in [6.45, 7) is 12.3. The molecule has 1 saturated heterocycles. The number of carbonyl (C=O) groups excluding carboxylic acids is 12. The number of hydrogen-bond acceptors (Lipinski definition) is 31. The van der Waals surface area contributed by atoms with Gasteiger partial charge in [-0.25, -0.2) is 19.7 Å². The third-order valence-electron chi connectivity index (χ3n) is 23.0. The van der Waals surface area contributed by atoms with E-state index in [0.29, 0.717) is 75.2 Å². The lowest BCUT2D eigenvalue weighted by atomic mass is 9.86. The molecule has 0 radical (unpaired) electrons. The first-order valence-corrected chi connectivity index (χ1v) is 47.5. The van der Waals surface area contributed by atoms with Crippen molar-refractivity contribution < 1.29 is 126 Å². The molecule has 3 aromatic heterocycles. The number of likely N-dealkylation sites (tertiary alicyclic amines) is 1. The second-order valence-electron chi connectivity index (χ2n) is 33.9. The van der Waals surface area contributed by atoms with Gasteiger partial charge in [0.2, 0.25) is 23.7 Å². The van der Waals surface area contributed by atoms with E-state index in [-0.39, 0.29) is 101 Å². The molecule has 14 atom stereocenters. The zero-order valence-corrected chi connectivity index (χ0v) is 78.8. The van der Waals surface area contributed by atoms with Crippen molar-refractivity contribution in [1.29, 1.82) is 5.41 Å². The number of ether oxygens (including phenoxy) is 3. The molecule has 6 rings (SSSR count). The van der Waals surface area contributed by atoms with Gasteiger partial charge >= 0.3 is 47.8 Å². The number of H-pyrrole nitrogens is 1. The van der Waals surface area contributed by atoms with Crippen molar-refractivity contribution in [3.8, 4) is 0 Å². The Morgan fingerprint density at radius 3 is 1.99 bits per heavy atom. The number of methoxy groups -OCH3 is 1. The summed E-state index contributed by atoms with van der Waals surface area (Å²) in [4.78, 5) is 263. The Kier molecular flexibility index (Phi) is 45.0. The van der Waals surface area contributed by atoms with Crippen LogP contribution in [0.2, 0.25) is 0 Å². The molecule has 45 heteroatoms. The van der Waals surface area contributed by atoms with Crippen LogP contribution in [-0.2, 0) is 99.1 Å². The van der Waals surface area contributed by atoms with Gasteiger partial charge in [0, 0.05) is 93.3 Å². The molecular formula is C89H123N16O26S3+. The molecule has 0 bridgehead atoms. The molecule has 0 saturated carbocycles. The van der Waals surface area contributed by atoms with Crippen LogP contribution in [0.5, 0.6) is 0 Å². The maximum absolute atomic E-state index is 15.6. The number of nitrogens with two attached hydrogens (primary N) is 2. The molecule has 732 valence electrons. The number of thiazole rings is 1. The van der Waals surface area contributed by atoms with Gasteiger partial charge in [-0.1, -0.05) is 99.9 Å². The molecule has 0 aliphatic carbocycles. The summed E-state index contributed by atoms with van der Waals surface area (Å²) in [5.41, 5.74) is 12.3. The molecule has 17 N–H and O–H groups in total. The summed E-state index contributed by atoms with van der Waals surface area (Å²) in [6.07, 6.45) is -4.07. The molecular weight excluding hydrogens is 1810 g/mol. The number of ketones is 4. The lowest BCUT2D eigenvalue weighted by molar-refractivity contribution is -0.927. The SMILES string of the molecule is CCCC(=O)OCN(C(=O)[C@@H](NC(=O)[C@H]1CCCC[N+]1(C)CCSSC[C@H](CC(=O)[C@H](CC(=O)O)NC(=O)[C@H](CC(=O)O)CC(=O)[C@H](CCCNC(=N)N)NC(=O)[C@H](CC(=O)O)CC(=O)CC[C@H](NC(=O)c1ccc(NCc2cnc3nc(N)[nH]c(=O)c3n2)cc1)C(=O)O)C(=O)O)C(C)CC)[C@H](C[C@@H](OC(C)=O)c1nc(C(=O)C[C@@H](Cc2ccccc2)C[C@H](C)C(=O)OC)cs1)C(C)C. The van der Waals surface area contributed by atoms with Crippen molar-refractivity contribution in [3.63, 3.8) is 0 Å². The van der Waals surface area contributed by atoms with Gasteiger partial charge in [-0.05, 0) is 98.9 Å². The Hall–Kier alpha value is -12.4. The average molecular weight is 1930 g/mol. The van der Waals surface area contributed by atoms with Crippen LogP contribution in [0, 0.1) is 46.8 Å². The van der Waals surface area contributed by atoms with Gasteiger partial charge in [0.15, 0.2) is 53.3 Å². The van der Waals surface area contributed by atoms with Crippen molar-refractivity contribution in [2.24, 2.45) is 47.2 Å². The van der Waals surface area contributed by atoms with Crippen LogP contribution < -0.4 is 48.9 Å². The van der Waals surface area contributed by atoms with Gasteiger partial charge in [0.1, 0.15) is 28.6 Å². The number of quaternary nitrogens is 1. The Morgan fingerprint density at radius 1 is 0.731 bits per heavy atom. The van der Waals surface area contributed by atoms with Gasteiger partial charge in [-0.3, -0.25) is 91.9 Å². The van der Waals surface area contributed by atoms with Crippen LogP contribution >= 0.6 is 32.9 Å². The highest BCUT2D eigenvalue weighted by Gasteiger charge is 2.45. The maximum atomic E-state index is 15.6. The summed E-state index contributed by atoms with van der Waals surface area (Å²) < 4.78 is 16.9. The molecule has 42 nitrogen and oxygen atoms in total. The van der Waals surface area contributed by atoms with Crippen LogP contribution in [0.1, 0.15) is 214 Å². The third kappa shape index (κ3) is 36.2. The minimum atomic E-state index is -2.00. The van der Waals surface area contributed by atoms with Gasteiger partial charge in [0.25, 0.3) is 17.4 Å². The molecule has 1 aliphatic rings. The fraction of sp³-hybridized carbons (Fsp3) is 0.562. The normalized spacial score (nSPS) is 16.3. The Balaban J connectivity index is 1.09. The number of Topliss-reactive ketones (excluding diaryl/α,β-unsaturated/α-hetero) is 4. The van der Waals surface area contributed by atoms with E-state index < -0.39 is 242 Å². The van der Waals surface area contributed by atoms with E-state index in [1.807, 2.05) is 58.2 Å². The first kappa shape index (κ1) is 110. The molecule has 2 aromatic carbocycles. The molecule has 1 fully saturated rings. The number of esters is 3. The van der Waals surface area contributed by atoms with Crippen LogP contribution in [0.15, 0.2) is 71.0 Å². The molecule has 1 aliphatic heterocycles. The average Bonchev–Trinajstić information content (AvgIpc) is 1.07. The number of nitrogen functional groups attached to an aromatic ring is 1. The number of nitrogens with zero attached hydrogens (tertiary/aromatic N) is 6. The summed E-state index contributed by atoms with van der Waals surface area (Å²) in [7, 11) is 5.45. The highest BCUT2D eigenvalue weighted by molar-refractivity contribution is 8.76. The third-order valence-corrected chi connectivity index (χ3v) is 26.4. The van der Waals surface area contributed by atoms with Crippen LogP contribution in [0.25, 0.3) is 11.2 Å². The summed E-state index contributed by atoms with van der Waals surface area (Å²) in [5, 5.41) is 75.4. The summed E-state index contributed by atoms with van der Waals surface area (Å²) in [6, 6.07) is 7.04. The minimum Gasteiger partial charge on any atom is -0.481 e. The zero-order chi connectivity index (χ0) is 99.2. The number of fused-ring (bicyclic) bond motifs is 1. The van der Waals surface area contributed by atoms with E-state index in [2.05, 4.69) is 51.8 Å². The van der Waals surface area contributed by atoms with Gasteiger partial charge < -0.3 is 92.5 Å². The minimum absolute atomic E-state index is 0.00650. The second-order valence-corrected chi connectivity index (χ2v) is 37.4. The highest BCUT2D eigenvalue weighted by Crippen LogP contribution is 2.35. The maximum Gasteiger partial charge on any atom is 0.326 e. The molecule has 5 aromatic rings. The molecule has 5 amide bonds. The number of likely N-dealkylation sites (N-methyl/N-ethyl adjacent to an activating group) is 1. The van der Waals surface area contributed by atoms with Gasteiger partial charge in [0.05, 0.1) is 106 Å². The predicted octanol–water partition coefficient (Wildman–Crippen LogP) is 6.19. The monoisotopic (exact) mass is 1930 g/mol. The number of aromatic nitrogens is 5. The lowest BCUT2D eigenvalue weighted by Crippen LogP contribution is -2.64. The van der Waals surface area contributed by atoms with Crippen molar-refractivity contribution in [1.82, 2.24) is 56.4 Å². The largest absolute Gasteiger partial charge is 0.481 e. The summed E-state index contributed by atoms with van der Waals surface area (Å²) in [5.74, 6) is -25.0. The van der Waals surface area contributed by atoms with Gasteiger partial charge in [-0.2, -0.15) is 4.98 Å². The number of carbonyl (C=O) groups is 17. The standard InChI is InChI=1S/C89H122N16O26S3/c1-10-18-74(117)130-47-104(65(48(3)4)42-70(131-51(7)106)83-100-64(46-132-83)67(108)35-53(33-50(6)87(128)129-9)34-52-19-13-12-14-20-52)84(123)75(49(5)11-2)101-81(121)66-22-15-16-30-105(66,8)31-32-133-134-45-57(85(124)125)38-69(110)63(41-73(115)116)99-80(120)56(40-72(113)114)37-68(109)61(21-17-29-93-88(90)91)97-79(119)55(39-71(111)112)36-60(107)27-28-62(86(126)127)98-78(118)54-23-25-58(26-24-54)94-43-59-44-95-77-76(96-59)82(122)103-89(92)102-77/h12-14,19-20,23-26,44,46,48-50,53,55-57,61-63,65-66,70,75H,10-11,15-18,21-22,27-43,45,47H2,1-9H3,(H16-,90,91,92,93,94,95,97,98,99,101,102,103,111,112,113,114,115,116,118,119,120,121,122,124,125,126,127)/p+1/t49?,50-,53+,55-,56-,57-,61-,62-,63-,65+,66+,70+,75-,105?/m0/s1. The first-order chi connectivity index (χ1) is 63.4. The number of aliphatic carboxylic acids is 5. The Bertz CT molecular complexity index is 5020. The van der Waals surface area contributed by atoms with Crippen LogP contribution in [0.4, 0.5) is 11.6 Å². The van der Waals surface area contributed by atoms with Crippen molar-refractivity contribution in [2.45, 2.75) is 226 Å². The van der Waals surface area contributed by atoms with Crippen LogP contribution in [-0.4, -0.2) is 254 Å². The number of aromatic amines is 1. The van der Waals surface area contributed by atoms with Crippen molar-refractivity contribution in [3.05, 3.63) is 104 Å². The van der Waals surface area contributed by atoms with E-state index in [0.717, 1.165) is 27.7 Å². The first-order valence-electron chi connectivity index (χ1n) is 44.1. The molecule has 134 heavy (non-hydrogen) atoms. The Labute approximate surface area is 785 Å². The number of nitrogens with one attached hydrogen (secondary N) is 8. The number of hydrogen-bond donors (Lipinski definition) is 15. The number of guanidine groups is 1. The van der Waals surface area contributed by atoms with E-state index in [1.165, 1.54) is 60.2 Å². The van der Waals surface area contributed by atoms with E-state index in [9.17, 15) is 102 Å². The smallest absolute Gasteiger partial charge is 0.326 e. The topological polar surface area (TPSA) is 655 Å². The lowest BCUT2D eigenvalue weighted by Gasteiger charge is -2.44. The number of amides is 5. The van der Waals surface area contributed by atoms with E-state index in [4.69, 9.17) is 36.1 Å². The van der Waals surface area contributed by atoms with Gasteiger partial charge in [-0.15, -0.1) is 11.3 Å². The molecule has 2 unspecified atom stereocenters. The summed E-state index contributed by atoms with van der Waals surface area (Å²) >= 11 is 1.08. The molecule has 4 heterocycles. The van der Waals surface area contributed by atoms with E-state index in [1.54, 1.807) is 26.2 Å². The van der Waals surface area contributed by atoms with Crippen molar-refractivity contribution >= 4 is 162 Å². The van der Waals surface area contributed by atoms with Crippen molar-refractivity contribution in [2.75, 3.05) is 63.1 Å². The number of anilines is 2. The number of benzene rings is 2. The fourth-order valence-corrected chi connectivity index (χ4v) is 18.8. The van der Waals surface area contributed by atoms with E-state index >= 15 is 9.59 Å².